The Hall–Kier alpha value is -3.00. The third kappa shape index (κ3) is 3.92. The van der Waals surface area contributed by atoms with Crippen molar-refractivity contribution in [1.82, 2.24) is 14.8 Å². The summed E-state index contributed by atoms with van der Waals surface area (Å²) in [5.74, 6) is -0.211. The van der Waals surface area contributed by atoms with Gasteiger partial charge in [-0.3, -0.25) is 24.4 Å². The highest BCUT2D eigenvalue weighted by Crippen LogP contribution is 2.29. The number of nitrogens with one attached hydrogen (secondary N) is 1. The predicted octanol–water partition coefficient (Wildman–Crippen LogP) is 2.06. The normalized spacial score (nSPS) is 10.6. The molecule has 1 amide bonds. The number of nitrogens with zero attached hydrogens (tertiary/aromatic N) is 3. The van der Waals surface area contributed by atoms with E-state index in [-0.39, 0.29) is 30.0 Å². The van der Waals surface area contributed by atoms with E-state index in [0.29, 0.717) is 10.8 Å². The number of carbonyl (C=O) groups excluding carboxylic acids is 1. The van der Waals surface area contributed by atoms with Crippen LogP contribution in [0, 0.1) is 6.92 Å². The van der Waals surface area contributed by atoms with Crippen molar-refractivity contribution in [3.8, 4) is 0 Å². The molecule has 0 spiro atoms. The molecule has 0 unspecified atom stereocenters. The number of aryl methyl sites for hydroxylation is 2. The molecule has 1 N–H and O–H groups in total. The van der Waals surface area contributed by atoms with Crippen LogP contribution in [-0.2, 0) is 11.3 Å². The lowest BCUT2D eigenvalue weighted by Gasteiger charge is -2.20. The van der Waals surface area contributed by atoms with Crippen LogP contribution in [0.5, 0.6) is 0 Å². The van der Waals surface area contributed by atoms with Gasteiger partial charge >= 0.3 is 0 Å². The fourth-order valence-corrected chi connectivity index (χ4v) is 3.17. The quantitative estimate of drug-likeness (QED) is 0.758. The van der Waals surface area contributed by atoms with Crippen LogP contribution >= 0.6 is 11.3 Å². The van der Waals surface area contributed by atoms with Gasteiger partial charge in [0.25, 0.3) is 11.1 Å². The Morgan fingerprint density at radius 1 is 1.20 bits per heavy atom. The highest BCUT2D eigenvalue weighted by Gasteiger charge is 2.20. The lowest BCUT2D eigenvalue weighted by Crippen LogP contribution is -2.32. The van der Waals surface area contributed by atoms with Crippen molar-refractivity contribution < 1.29 is 4.79 Å². The number of benzene rings is 1. The minimum absolute atomic E-state index is 0.0490. The zero-order chi connectivity index (χ0) is 17.8. The third-order valence-corrected chi connectivity index (χ3v) is 4.44. The Morgan fingerprint density at radius 3 is 2.64 bits per heavy atom. The molecule has 0 aliphatic carbocycles. The molecule has 0 fully saturated rings. The van der Waals surface area contributed by atoms with E-state index in [1.165, 1.54) is 22.3 Å². The molecule has 7 nitrogen and oxygen atoms in total. The summed E-state index contributed by atoms with van der Waals surface area (Å²) in [6.07, 6.45) is 0.0490. The lowest BCUT2D eigenvalue weighted by molar-refractivity contribution is -0.118. The number of aromatic amines is 1. The van der Waals surface area contributed by atoms with Crippen molar-refractivity contribution in [3.63, 3.8) is 0 Å². The lowest BCUT2D eigenvalue weighted by atomic mass is 10.2. The second-order valence-corrected chi connectivity index (χ2v) is 6.22. The average Bonchev–Trinajstić information content (AvgIpc) is 3.03. The van der Waals surface area contributed by atoms with Gasteiger partial charge in [-0.1, -0.05) is 18.2 Å². The smallest absolute Gasteiger partial charge is 0.265 e. The maximum Gasteiger partial charge on any atom is 0.265 e. The first-order valence-corrected chi connectivity index (χ1v) is 8.53. The standard InChI is InChI=1S/C17H16N4O3S/c1-12-11-25-17(18-12)21(13-5-3-2-4-6-13)16(24)9-10-20-15(23)8-7-14(22)19-20/h2-8,11H,9-10H2,1H3,(H,19,22). The number of thiazole rings is 1. The summed E-state index contributed by atoms with van der Waals surface area (Å²) in [6.45, 7) is 1.95. The van der Waals surface area contributed by atoms with E-state index >= 15 is 0 Å². The Labute approximate surface area is 147 Å². The monoisotopic (exact) mass is 356 g/mol. The molecule has 0 atom stereocenters. The fourth-order valence-electron chi connectivity index (χ4n) is 2.33. The number of hydrogen-bond acceptors (Lipinski definition) is 5. The van der Waals surface area contributed by atoms with E-state index in [2.05, 4.69) is 10.1 Å². The molecule has 128 valence electrons. The number of aromatic nitrogens is 3. The van der Waals surface area contributed by atoms with Crippen LogP contribution in [0.4, 0.5) is 10.8 Å². The maximum atomic E-state index is 12.8. The van der Waals surface area contributed by atoms with Gasteiger partial charge in [-0.15, -0.1) is 11.3 Å². The van der Waals surface area contributed by atoms with Gasteiger partial charge in [0.1, 0.15) is 0 Å². The number of H-pyrrole nitrogens is 1. The van der Waals surface area contributed by atoms with Crippen LogP contribution in [0.3, 0.4) is 0 Å². The molecule has 0 bridgehead atoms. The Balaban J connectivity index is 1.86. The van der Waals surface area contributed by atoms with Crippen molar-refractivity contribution in [2.75, 3.05) is 4.90 Å². The highest BCUT2D eigenvalue weighted by molar-refractivity contribution is 7.14. The van der Waals surface area contributed by atoms with Gasteiger partial charge in [0.05, 0.1) is 17.9 Å². The minimum atomic E-state index is -0.387. The van der Waals surface area contributed by atoms with Crippen LogP contribution in [0.25, 0.3) is 0 Å². The summed E-state index contributed by atoms with van der Waals surface area (Å²) in [5.41, 5.74) is 0.791. The van der Waals surface area contributed by atoms with Crippen LogP contribution in [0.1, 0.15) is 12.1 Å². The SMILES string of the molecule is Cc1csc(N(C(=O)CCn2[nH]c(=O)ccc2=O)c2ccccc2)n1. The van der Waals surface area contributed by atoms with Gasteiger partial charge in [-0.2, -0.15) is 0 Å². The highest BCUT2D eigenvalue weighted by atomic mass is 32.1. The number of anilines is 2. The fraction of sp³-hybridized carbons (Fsp3) is 0.176. The summed E-state index contributed by atoms with van der Waals surface area (Å²) >= 11 is 1.38. The zero-order valence-corrected chi connectivity index (χ0v) is 14.3. The van der Waals surface area contributed by atoms with E-state index in [0.717, 1.165) is 16.4 Å². The number of para-hydroxylation sites is 1. The van der Waals surface area contributed by atoms with Crippen LogP contribution < -0.4 is 16.0 Å². The molecule has 3 rings (SSSR count). The van der Waals surface area contributed by atoms with E-state index in [9.17, 15) is 14.4 Å². The van der Waals surface area contributed by atoms with Crippen LogP contribution in [-0.4, -0.2) is 20.7 Å². The largest absolute Gasteiger partial charge is 0.274 e. The van der Waals surface area contributed by atoms with Crippen molar-refractivity contribution in [2.24, 2.45) is 0 Å². The molecule has 25 heavy (non-hydrogen) atoms. The summed E-state index contributed by atoms with van der Waals surface area (Å²) in [4.78, 5) is 41.8. The maximum absolute atomic E-state index is 12.8. The molecule has 2 heterocycles. The Kier molecular flexibility index (Phi) is 4.90. The van der Waals surface area contributed by atoms with Gasteiger partial charge < -0.3 is 0 Å². The first-order chi connectivity index (χ1) is 12.0. The summed E-state index contributed by atoms with van der Waals surface area (Å²) < 4.78 is 1.14. The molecule has 3 aromatic rings. The molecule has 0 saturated carbocycles. The number of rotatable bonds is 5. The third-order valence-electron chi connectivity index (χ3n) is 3.50. The van der Waals surface area contributed by atoms with Crippen molar-refractivity contribution in [3.05, 3.63) is 74.2 Å². The molecule has 8 heteroatoms. The van der Waals surface area contributed by atoms with Gasteiger partial charge in [0.15, 0.2) is 5.13 Å². The van der Waals surface area contributed by atoms with Crippen molar-refractivity contribution in [2.45, 2.75) is 19.9 Å². The number of carbonyl (C=O) groups is 1. The average molecular weight is 356 g/mol. The van der Waals surface area contributed by atoms with Crippen LogP contribution in [0.2, 0.25) is 0 Å². The topological polar surface area (TPSA) is 88.1 Å². The first-order valence-electron chi connectivity index (χ1n) is 7.65. The number of amides is 1. The van der Waals surface area contributed by atoms with Crippen LogP contribution in [0.15, 0.2) is 57.4 Å². The molecular weight excluding hydrogens is 340 g/mol. The Bertz CT molecular complexity index is 991. The number of hydrogen-bond donors (Lipinski definition) is 1. The molecular formula is C17H16N4O3S. The summed E-state index contributed by atoms with van der Waals surface area (Å²) in [6, 6.07) is 11.5. The summed E-state index contributed by atoms with van der Waals surface area (Å²) in [7, 11) is 0. The van der Waals surface area contributed by atoms with E-state index in [1.54, 1.807) is 0 Å². The second-order valence-electron chi connectivity index (χ2n) is 5.39. The minimum Gasteiger partial charge on any atom is -0.274 e. The van der Waals surface area contributed by atoms with Gasteiger partial charge in [0, 0.05) is 23.9 Å². The van der Waals surface area contributed by atoms with Gasteiger partial charge in [-0.25, -0.2) is 9.67 Å². The van der Waals surface area contributed by atoms with E-state index < -0.39 is 0 Å². The van der Waals surface area contributed by atoms with Gasteiger partial charge in [-0.05, 0) is 19.1 Å². The molecule has 0 radical (unpaired) electrons. The molecule has 0 saturated heterocycles. The van der Waals surface area contributed by atoms with E-state index in [4.69, 9.17) is 0 Å². The van der Waals surface area contributed by atoms with Crippen molar-refractivity contribution >= 4 is 28.1 Å². The second kappa shape index (κ2) is 7.27. The summed E-state index contributed by atoms with van der Waals surface area (Å²) in [5, 5.41) is 4.86. The Morgan fingerprint density at radius 2 is 1.96 bits per heavy atom. The van der Waals surface area contributed by atoms with Crippen molar-refractivity contribution in [1.29, 1.82) is 0 Å². The first kappa shape index (κ1) is 16.8. The predicted molar refractivity (Wildman–Crippen MR) is 96.4 cm³/mol. The van der Waals surface area contributed by atoms with Gasteiger partial charge in [0.2, 0.25) is 5.91 Å². The zero-order valence-electron chi connectivity index (χ0n) is 13.5. The molecule has 1 aromatic carbocycles. The molecule has 0 aliphatic heterocycles. The van der Waals surface area contributed by atoms with E-state index in [1.807, 2.05) is 42.6 Å². The molecule has 0 aliphatic rings. The molecule has 2 aromatic heterocycles.